The van der Waals surface area contributed by atoms with Gasteiger partial charge >= 0.3 is 0 Å². The molecular formula is C10H18F2N2. The Kier molecular flexibility index (Phi) is 3.34. The van der Waals surface area contributed by atoms with Crippen molar-refractivity contribution in [2.75, 3.05) is 13.1 Å². The van der Waals surface area contributed by atoms with Crippen molar-refractivity contribution in [2.24, 2.45) is 11.7 Å². The highest BCUT2D eigenvalue weighted by molar-refractivity contribution is 4.96. The highest BCUT2D eigenvalue weighted by atomic mass is 19.3. The van der Waals surface area contributed by atoms with Gasteiger partial charge in [-0.05, 0) is 19.4 Å². The van der Waals surface area contributed by atoms with E-state index in [1.54, 1.807) is 13.0 Å². The molecule has 0 radical (unpaired) electrons. The van der Waals surface area contributed by atoms with Crippen molar-refractivity contribution in [3.63, 3.8) is 0 Å². The molecule has 0 aliphatic carbocycles. The zero-order valence-electron chi connectivity index (χ0n) is 8.76. The Balaban J connectivity index is 2.65. The standard InChI is InChI=1S/C10H18F2N2/c1-3-9(13)14-6-4-8(2)10(11,12)5-7-14/h3,8H,4-7,13H2,1-2H3/b9-3+. The maximum absolute atomic E-state index is 13.3. The summed E-state index contributed by atoms with van der Waals surface area (Å²) >= 11 is 0. The molecule has 0 amide bonds. The highest BCUT2D eigenvalue weighted by Gasteiger charge is 2.38. The molecule has 1 atom stereocenters. The van der Waals surface area contributed by atoms with Crippen molar-refractivity contribution in [1.82, 2.24) is 4.90 Å². The second-order valence-corrected chi connectivity index (χ2v) is 3.90. The summed E-state index contributed by atoms with van der Waals surface area (Å²) in [5.74, 6) is -2.48. The van der Waals surface area contributed by atoms with Crippen molar-refractivity contribution in [2.45, 2.75) is 32.6 Å². The van der Waals surface area contributed by atoms with Gasteiger partial charge in [-0.25, -0.2) is 8.78 Å². The number of nitrogens with two attached hydrogens (primary N) is 1. The molecule has 0 aromatic heterocycles. The van der Waals surface area contributed by atoms with Crippen LogP contribution in [-0.4, -0.2) is 23.9 Å². The molecule has 4 heteroatoms. The van der Waals surface area contributed by atoms with E-state index in [4.69, 9.17) is 5.73 Å². The molecule has 2 nitrogen and oxygen atoms in total. The lowest BCUT2D eigenvalue weighted by atomic mass is 9.99. The summed E-state index contributed by atoms with van der Waals surface area (Å²) in [4.78, 5) is 1.83. The van der Waals surface area contributed by atoms with Crippen molar-refractivity contribution in [1.29, 1.82) is 0 Å². The van der Waals surface area contributed by atoms with Crippen LogP contribution in [0.5, 0.6) is 0 Å². The second kappa shape index (κ2) is 4.15. The first-order chi connectivity index (χ1) is 6.47. The fourth-order valence-corrected chi connectivity index (χ4v) is 1.64. The number of alkyl halides is 2. The third-order valence-corrected chi connectivity index (χ3v) is 2.93. The first kappa shape index (κ1) is 11.3. The van der Waals surface area contributed by atoms with E-state index in [9.17, 15) is 8.78 Å². The lowest BCUT2D eigenvalue weighted by Gasteiger charge is -2.22. The summed E-state index contributed by atoms with van der Waals surface area (Å²) < 4.78 is 26.6. The van der Waals surface area contributed by atoms with E-state index in [0.717, 1.165) is 0 Å². The van der Waals surface area contributed by atoms with Gasteiger partial charge in [0.1, 0.15) is 0 Å². The molecule has 2 N–H and O–H groups in total. The Hall–Kier alpha value is -0.800. The molecule has 1 saturated heterocycles. The van der Waals surface area contributed by atoms with Crippen LogP contribution in [0.1, 0.15) is 26.7 Å². The quantitative estimate of drug-likeness (QED) is 0.709. The predicted octanol–water partition coefficient (Wildman–Crippen LogP) is 2.17. The molecule has 0 aromatic carbocycles. The van der Waals surface area contributed by atoms with Crippen LogP contribution in [0.25, 0.3) is 0 Å². The number of hydrogen-bond acceptors (Lipinski definition) is 2. The van der Waals surface area contributed by atoms with Crippen LogP contribution >= 0.6 is 0 Å². The highest BCUT2D eigenvalue weighted by Crippen LogP contribution is 2.33. The molecule has 1 fully saturated rings. The van der Waals surface area contributed by atoms with Crippen molar-refractivity contribution in [3.05, 3.63) is 11.9 Å². The molecule has 14 heavy (non-hydrogen) atoms. The Morgan fingerprint density at radius 3 is 2.71 bits per heavy atom. The van der Waals surface area contributed by atoms with Crippen molar-refractivity contribution < 1.29 is 8.78 Å². The van der Waals surface area contributed by atoms with E-state index in [-0.39, 0.29) is 6.42 Å². The number of halogens is 2. The first-order valence-electron chi connectivity index (χ1n) is 5.02. The molecule has 1 unspecified atom stereocenters. The third-order valence-electron chi connectivity index (χ3n) is 2.93. The van der Waals surface area contributed by atoms with E-state index in [2.05, 4.69) is 0 Å². The zero-order chi connectivity index (χ0) is 10.8. The number of allylic oxidation sites excluding steroid dienone is 1. The number of likely N-dealkylation sites (tertiary alicyclic amines) is 1. The molecule has 1 aliphatic heterocycles. The molecule has 0 spiro atoms. The average molecular weight is 204 g/mol. The van der Waals surface area contributed by atoms with Crippen LogP contribution in [0.2, 0.25) is 0 Å². The molecule has 0 aromatic rings. The summed E-state index contributed by atoms with van der Waals surface area (Å²) in [7, 11) is 0. The van der Waals surface area contributed by atoms with Gasteiger partial charge in [0.15, 0.2) is 0 Å². The molecular weight excluding hydrogens is 186 g/mol. The normalized spacial score (nSPS) is 28.7. The smallest absolute Gasteiger partial charge is 0.252 e. The third kappa shape index (κ3) is 2.36. The summed E-state index contributed by atoms with van der Waals surface area (Å²) in [5, 5.41) is 0. The Morgan fingerprint density at radius 2 is 2.14 bits per heavy atom. The maximum atomic E-state index is 13.3. The zero-order valence-corrected chi connectivity index (χ0v) is 8.76. The predicted molar refractivity (Wildman–Crippen MR) is 52.9 cm³/mol. The number of nitrogens with zero attached hydrogens (tertiary/aromatic N) is 1. The maximum Gasteiger partial charge on any atom is 0.252 e. The molecule has 82 valence electrons. The Bertz CT molecular complexity index is 226. The van der Waals surface area contributed by atoms with Crippen molar-refractivity contribution >= 4 is 0 Å². The largest absolute Gasteiger partial charge is 0.386 e. The van der Waals surface area contributed by atoms with Crippen LogP contribution in [0.3, 0.4) is 0 Å². The van der Waals surface area contributed by atoms with Gasteiger partial charge < -0.3 is 10.6 Å². The van der Waals surface area contributed by atoms with Crippen LogP contribution < -0.4 is 5.73 Å². The molecule has 0 bridgehead atoms. The fraction of sp³-hybridized carbons (Fsp3) is 0.800. The van der Waals surface area contributed by atoms with Gasteiger partial charge in [0, 0.05) is 25.4 Å². The summed E-state index contributed by atoms with van der Waals surface area (Å²) in [6.45, 7) is 4.41. The summed E-state index contributed by atoms with van der Waals surface area (Å²) in [6.07, 6.45) is 2.17. The monoisotopic (exact) mass is 204 g/mol. The molecule has 1 rings (SSSR count). The lowest BCUT2D eigenvalue weighted by Crippen LogP contribution is -2.29. The van der Waals surface area contributed by atoms with Gasteiger partial charge in [-0.1, -0.05) is 6.92 Å². The fourth-order valence-electron chi connectivity index (χ4n) is 1.64. The van der Waals surface area contributed by atoms with E-state index >= 15 is 0 Å². The SMILES string of the molecule is C/C=C(\N)N1CCC(C)C(F)(F)CC1. The van der Waals surface area contributed by atoms with Gasteiger partial charge in [-0.2, -0.15) is 0 Å². The van der Waals surface area contributed by atoms with Gasteiger partial charge in [-0.15, -0.1) is 0 Å². The van der Waals surface area contributed by atoms with Crippen LogP contribution in [0.4, 0.5) is 8.78 Å². The van der Waals surface area contributed by atoms with Crippen molar-refractivity contribution in [3.8, 4) is 0 Å². The summed E-state index contributed by atoms with van der Waals surface area (Å²) in [6, 6.07) is 0. The molecule has 1 aliphatic rings. The van der Waals surface area contributed by atoms with Gasteiger partial charge in [0.05, 0.1) is 5.82 Å². The van der Waals surface area contributed by atoms with E-state index in [1.165, 1.54) is 0 Å². The average Bonchev–Trinajstić information content (AvgIpc) is 2.27. The molecule has 1 heterocycles. The number of rotatable bonds is 1. The Morgan fingerprint density at radius 1 is 1.50 bits per heavy atom. The van der Waals surface area contributed by atoms with Gasteiger partial charge in [0.25, 0.3) is 5.92 Å². The minimum absolute atomic E-state index is 0.0945. The summed E-state index contributed by atoms with van der Waals surface area (Å²) in [5.41, 5.74) is 5.69. The van der Waals surface area contributed by atoms with E-state index in [1.807, 2.05) is 11.8 Å². The topological polar surface area (TPSA) is 29.3 Å². The lowest BCUT2D eigenvalue weighted by molar-refractivity contribution is -0.0542. The Labute approximate surface area is 83.8 Å². The van der Waals surface area contributed by atoms with Gasteiger partial charge in [-0.3, -0.25) is 0 Å². The van der Waals surface area contributed by atoms with Gasteiger partial charge in [0.2, 0.25) is 0 Å². The minimum atomic E-state index is -2.54. The molecule has 0 saturated carbocycles. The second-order valence-electron chi connectivity index (χ2n) is 3.90. The van der Waals surface area contributed by atoms with Crippen LogP contribution in [0, 0.1) is 5.92 Å². The van der Waals surface area contributed by atoms with E-state index < -0.39 is 11.8 Å². The van der Waals surface area contributed by atoms with Crippen LogP contribution in [-0.2, 0) is 0 Å². The number of hydrogen-bond donors (Lipinski definition) is 1. The van der Waals surface area contributed by atoms with Crippen LogP contribution in [0.15, 0.2) is 11.9 Å². The minimum Gasteiger partial charge on any atom is -0.386 e. The first-order valence-corrected chi connectivity index (χ1v) is 5.02. The van der Waals surface area contributed by atoms with E-state index in [0.29, 0.717) is 25.3 Å².